The molecule has 1 heterocycles. The Labute approximate surface area is 115 Å². The number of ether oxygens (including phenoxy) is 2. The third kappa shape index (κ3) is 3.23. The van der Waals surface area contributed by atoms with Gasteiger partial charge in [0, 0.05) is 11.0 Å². The summed E-state index contributed by atoms with van der Waals surface area (Å²) in [6, 6.07) is 7.95. The highest BCUT2D eigenvalue weighted by atomic mass is 79.9. The maximum atomic E-state index is 11.7. The van der Waals surface area contributed by atoms with Crippen molar-refractivity contribution in [2.75, 3.05) is 26.3 Å². The van der Waals surface area contributed by atoms with Gasteiger partial charge in [-0.2, -0.15) is 0 Å². The fourth-order valence-corrected chi connectivity index (χ4v) is 2.36. The molecular formula is C13H16BrNO3. The van der Waals surface area contributed by atoms with Crippen molar-refractivity contribution in [2.45, 2.75) is 13.0 Å². The minimum absolute atomic E-state index is 0.0827. The van der Waals surface area contributed by atoms with Crippen molar-refractivity contribution in [3.05, 3.63) is 34.3 Å². The van der Waals surface area contributed by atoms with Crippen LogP contribution >= 0.6 is 15.9 Å². The van der Waals surface area contributed by atoms with E-state index in [1.165, 1.54) is 0 Å². The van der Waals surface area contributed by atoms with E-state index < -0.39 is 0 Å². The van der Waals surface area contributed by atoms with Crippen LogP contribution in [0.3, 0.4) is 0 Å². The number of nitrogens with zero attached hydrogens (tertiary/aromatic N) is 1. The molecule has 1 aliphatic heterocycles. The van der Waals surface area contributed by atoms with Crippen LogP contribution < -0.4 is 0 Å². The Balaban J connectivity index is 2.04. The summed E-state index contributed by atoms with van der Waals surface area (Å²) in [5.41, 5.74) is 1.07. The number of rotatable bonds is 2. The van der Waals surface area contributed by atoms with Crippen LogP contribution in [0.4, 0.5) is 4.79 Å². The van der Waals surface area contributed by atoms with Crippen molar-refractivity contribution in [3.8, 4) is 0 Å². The average molecular weight is 314 g/mol. The van der Waals surface area contributed by atoms with Gasteiger partial charge in [0.1, 0.15) is 6.10 Å². The molecule has 0 bridgehead atoms. The molecule has 1 aromatic carbocycles. The summed E-state index contributed by atoms with van der Waals surface area (Å²) in [5.74, 6) is 0. The highest BCUT2D eigenvalue weighted by Gasteiger charge is 2.26. The molecule has 1 atom stereocenters. The molecule has 18 heavy (non-hydrogen) atoms. The second-order valence-electron chi connectivity index (χ2n) is 4.06. The molecule has 1 amide bonds. The molecule has 0 aromatic heterocycles. The number of hydrogen-bond acceptors (Lipinski definition) is 3. The predicted molar refractivity (Wildman–Crippen MR) is 71.4 cm³/mol. The molecule has 0 radical (unpaired) electrons. The van der Waals surface area contributed by atoms with Gasteiger partial charge < -0.3 is 14.4 Å². The Morgan fingerprint density at radius 2 is 2.44 bits per heavy atom. The molecule has 1 unspecified atom stereocenters. The lowest BCUT2D eigenvalue weighted by atomic mass is 10.1. The zero-order valence-corrected chi connectivity index (χ0v) is 11.9. The first-order chi connectivity index (χ1) is 8.70. The van der Waals surface area contributed by atoms with E-state index in [-0.39, 0.29) is 12.2 Å². The fourth-order valence-electron chi connectivity index (χ4n) is 1.94. The van der Waals surface area contributed by atoms with E-state index in [4.69, 9.17) is 9.47 Å². The maximum absolute atomic E-state index is 11.7. The van der Waals surface area contributed by atoms with Gasteiger partial charge in [-0.1, -0.05) is 28.1 Å². The number of amides is 1. The van der Waals surface area contributed by atoms with Gasteiger partial charge in [0.2, 0.25) is 0 Å². The number of hydrogen-bond donors (Lipinski definition) is 0. The highest BCUT2D eigenvalue weighted by Crippen LogP contribution is 2.24. The van der Waals surface area contributed by atoms with Gasteiger partial charge in [-0.15, -0.1) is 0 Å². The van der Waals surface area contributed by atoms with Crippen LogP contribution in [0.5, 0.6) is 0 Å². The Kier molecular flexibility index (Phi) is 4.60. The summed E-state index contributed by atoms with van der Waals surface area (Å²) in [6.45, 7) is 3.87. The first-order valence-corrected chi connectivity index (χ1v) is 6.78. The first-order valence-electron chi connectivity index (χ1n) is 5.99. The van der Waals surface area contributed by atoms with Gasteiger partial charge in [0.05, 0.1) is 19.8 Å². The molecule has 1 aliphatic rings. The molecule has 2 rings (SSSR count). The summed E-state index contributed by atoms with van der Waals surface area (Å²) in [4.78, 5) is 13.4. The van der Waals surface area contributed by atoms with Gasteiger partial charge in [0.15, 0.2) is 0 Å². The number of morpholine rings is 1. The van der Waals surface area contributed by atoms with E-state index in [1.807, 2.05) is 31.2 Å². The van der Waals surface area contributed by atoms with Gasteiger partial charge in [0.25, 0.3) is 0 Å². The second kappa shape index (κ2) is 6.20. The summed E-state index contributed by atoms with van der Waals surface area (Å²) >= 11 is 3.44. The van der Waals surface area contributed by atoms with Gasteiger partial charge in [-0.25, -0.2) is 4.79 Å². The second-order valence-corrected chi connectivity index (χ2v) is 4.98. The van der Waals surface area contributed by atoms with Crippen LogP contribution in [-0.2, 0) is 9.47 Å². The summed E-state index contributed by atoms with van der Waals surface area (Å²) < 4.78 is 11.7. The fraction of sp³-hybridized carbons (Fsp3) is 0.462. The largest absolute Gasteiger partial charge is 0.450 e. The van der Waals surface area contributed by atoms with Crippen LogP contribution in [-0.4, -0.2) is 37.3 Å². The minimum Gasteiger partial charge on any atom is -0.450 e. The normalized spacial score (nSPS) is 19.7. The van der Waals surface area contributed by atoms with Crippen molar-refractivity contribution in [1.29, 1.82) is 0 Å². The molecule has 5 heteroatoms. The third-order valence-corrected chi connectivity index (χ3v) is 3.31. The highest BCUT2D eigenvalue weighted by molar-refractivity contribution is 9.10. The predicted octanol–water partition coefficient (Wildman–Crippen LogP) is 2.98. The van der Waals surface area contributed by atoms with Crippen molar-refractivity contribution in [1.82, 2.24) is 4.90 Å². The summed E-state index contributed by atoms with van der Waals surface area (Å²) in [5, 5.41) is 0. The van der Waals surface area contributed by atoms with Crippen LogP contribution in [0.1, 0.15) is 18.6 Å². The lowest BCUT2D eigenvalue weighted by Crippen LogP contribution is -2.42. The molecule has 0 saturated carbocycles. The third-order valence-electron chi connectivity index (χ3n) is 2.81. The van der Waals surface area contributed by atoms with E-state index in [0.29, 0.717) is 26.3 Å². The zero-order chi connectivity index (χ0) is 13.0. The topological polar surface area (TPSA) is 38.8 Å². The number of halogens is 1. The van der Waals surface area contributed by atoms with E-state index in [1.54, 1.807) is 4.90 Å². The molecule has 1 aromatic rings. The number of carbonyl (C=O) groups excluding carboxylic acids is 1. The van der Waals surface area contributed by atoms with Gasteiger partial charge in [-0.3, -0.25) is 0 Å². The van der Waals surface area contributed by atoms with Gasteiger partial charge in [-0.05, 0) is 24.6 Å². The SMILES string of the molecule is CCOC(=O)N1CCOC(c2cccc(Br)c2)C1. The van der Waals surface area contributed by atoms with Crippen molar-refractivity contribution >= 4 is 22.0 Å². The van der Waals surface area contributed by atoms with Crippen LogP contribution in [0, 0.1) is 0 Å². The van der Waals surface area contributed by atoms with Crippen LogP contribution in [0.2, 0.25) is 0 Å². The van der Waals surface area contributed by atoms with Crippen LogP contribution in [0.25, 0.3) is 0 Å². The average Bonchev–Trinajstić information content (AvgIpc) is 2.39. The van der Waals surface area contributed by atoms with E-state index in [0.717, 1.165) is 10.0 Å². The molecule has 4 nitrogen and oxygen atoms in total. The lowest BCUT2D eigenvalue weighted by Gasteiger charge is -2.32. The van der Waals surface area contributed by atoms with Gasteiger partial charge >= 0.3 is 6.09 Å². The number of carbonyl (C=O) groups is 1. The minimum atomic E-state index is -0.263. The molecule has 1 fully saturated rings. The van der Waals surface area contributed by atoms with E-state index in [9.17, 15) is 4.79 Å². The molecule has 1 saturated heterocycles. The monoisotopic (exact) mass is 313 g/mol. The Morgan fingerprint density at radius 1 is 1.61 bits per heavy atom. The van der Waals surface area contributed by atoms with Crippen molar-refractivity contribution < 1.29 is 14.3 Å². The molecule has 0 N–H and O–H groups in total. The molecule has 0 aliphatic carbocycles. The lowest BCUT2D eigenvalue weighted by molar-refractivity contribution is -0.0280. The molecular weight excluding hydrogens is 298 g/mol. The van der Waals surface area contributed by atoms with Crippen molar-refractivity contribution in [2.24, 2.45) is 0 Å². The first kappa shape index (κ1) is 13.4. The summed E-state index contributed by atoms with van der Waals surface area (Å²) in [7, 11) is 0. The van der Waals surface area contributed by atoms with Crippen LogP contribution in [0.15, 0.2) is 28.7 Å². The quantitative estimate of drug-likeness (QED) is 0.842. The zero-order valence-electron chi connectivity index (χ0n) is 10.3. The van der Waals surface area contributed by atoms with E-state index in [2.05, 4.69) is 15.9 Å². The molecule has 98 valence electrons. The van der Waals surface area contributed by atoms with E-state index >= 15 is 0 Å². The standard InChI is InChI=1S/C13H16BrNO3/c1-2-17-13(16)15-6-7-18-12(9-15)10-4-3-5-11(14)8-10/h3-5,8,12H,2,6-7,9H2,1H3. The Bertz CT molecular complexity index is 424. The smallest absolute Gasteiger partial charge is 0.409 e. The Morgan fingerprint density at radius 3 is 3.17 bits per heavy atom. The summed E-state index contributed by atoms with van der Waals surface area (Å²) in [6.07, 6.45) is -0.346. The molecule has 0 spiro atoms. The number of benzene rings is 1. The maximum Gasteiger partial charge on any atom is 0.409 e. The Hall–Kier alpha value is -1.07. The van der Waals surface area contributed by atoms with Crippen molar-refractivity contribution in [3.63, 3.8) is 0 Å².